The second kappa shape index (κ2) is 7.37. The molecule has 0 saturated carbocycles. The summed E-state index contributed by atoms with van der Waals surface area (Å²) in [6, 6.07) is 7.25. The van der Waals surface area contributed by atoms with Gasteiger partial charge in [0.25, 0.3) is 0 Å². The van der Waals surface area contributed by atoms with Gasteiger partial charge in [-0.25, -0.2) is 13.1 Å². The highest BCUT2D eigenvalue weighted by atomic mass is 32.2. The SMILES string of the molecule is CCCS(=O)(=O)NCCc1nnc(-c2ccc(OC)cc2)o1. The van der Waals surface area contributed by atoms with Crippen molar-refractivity contribution in [2.45, 2.75) is 19.8 Å². The monoisotopic (exact) mass is 325 g/mol. The van der Waals surface area contributed by atoms with Crippen LogP contribution in [0.2, 0.25) is 0 Å². The molecule has 0 saturated heterocycles. The predicted molar refractivity (Wildman–Crippen MR) is 82.1 cm³/mol. The molecule has 22 heavy (non-hydrogen) atoms. The summed E-state index contributed by atoms with van der Waals surface area (Å²) in [5.41, 5.74) is 0.783. The Bertz CT molecular complexity index is 695. The van der Waals surface area contributed by atoms with Crippen molar-refractivity contribution >= 4 is 10.0 Å². The first-order chi connectivity index (χ1) is 10.5. The molecule has 1 aromatic heterocycles. The number of methoxy groups -OCH3 is 1. The van der Waals surface area contributed by atoms with Gasteiger partial charge in [-0.3, -0.25) is 0 Å². The van der Waals surface area contributed by atoms with Crippen LogP contribution in [0.1, 0.15) is 19.2 Å². The van der Waals surface area contributed by atoms with E-state index >= 15 is 0 Å². The maximum absolute atomic E-state index is 11.5. The number of ether oxygens (including phenoxy) is 1. The molecule has 1 N–H and O–H groups in total. The van der Waals surface area contributed by atoms with Crippen molar-refractivity contribution in [3.63, 3.8) is 0 Å². The molecule has 0 bridgehead atoms. The minimum absolute atomic E-state index is 0.119. The predicted octanol–water partition coefficient (Wildman–Crippen LogP) is 1.62. The van der Waals surface area contributed by atoms with Crippen LogP contribution in [-0.2, 0) is 16.4 Å². The maximum atomic E-state index is 11.5. The van der Waals surface area contributed by atoms with Gasteiger partial charge >= 0.3 is 0 Å². The fourth-order valence-corrected chi connectivity index (χ4v) is 2.95. The molecule has 0 aliphatic carbocycles. The van der Waals surface area contributed by atoms with Gasteiger partial charge in [0.1, 0.15) is 5.75 Å². The number of nitrogens with one attached hydrogen (secondary N) is 1. The highest BCUT2D eigenvalue weighted by Gasteiger charge is 2.11. The summed E-state index contributed by atoms with van der Waals surface area (Å²) in [7, 11) is -1.61. The number of nitrogens with zero attached hydrogens (tertiary/aromatic N) is 2. The van der Waals surface area contributed by atoms with Gasteiger partial charge in [-0.15, -0.1) is 10.2 Å². The van der Waals surface area contributed by atoms with Crippen LogP contribution in [-0.4, -0.2) is 38.0 Å². The van der Waals surface area contributed by atoms with E-state index < -0.39 is 10.0 Å². The highest BCUT2D eigenvalue weighted by Crippen LogP contribution is 2.21. The van der Waals surface area contributed by atoms with E-state index in [1.54, 1.807) is 19.2 Å². The van der Waals surface area contributed by atoms with Crippen molar-refractivity contribution < 1.29 is 17.6 Å². The molecule has 0 aliphatic rings. The summed E-state index contributed by atoms with van der Waals surface area (Å²) in [5.74, 6) is 1.65. The van der Waals surface area contributed by atoms with E-state index in [1.165, 1.54) is 0 Å². The van der Waals surface area contributed by atoms with Crippen LogP contribution >= 0.6 is 0 Å². The lowest BCUT2D eigenvalue weighted by molar-refractivity contribution is 0.415. The topological polar surface area (TPSA) is 94.3 Å². The smallest absolute Gasteiger partial charge is 0.247 e. The van der Waals surface area contributed by atoms with Gasteiger partial charge < -0.3 is 9.15 Å². The zero-order valence-electron chi connectivity index (χ0n) is 12.6. The van der Waals surface area contributed by atoms with Crippen LogP contribution in [0.5, 0.6) is 5.75 Å². The molecule has 120 valence electrons. The lowest BCUT2D eigenvalue weighted by Gasteiger charge is -2.03. The van der Waals surface area contributed by atoms with E-state index in [2.05, 4.69) is 14.9 Å². The molecule has 8 heteroatoms. The first-order valence-corrected chi connectivity index (χ1v) is 8.63. The standard InChI is InChI=1S/C14H19N3O4S/c1-3-10-22(18,19)15-9-8-13-16-17-14(21-13)11-4-6-12(20-2)7-5-11/h4-7,15H,3,8-10H2,1-2H3. The minimum atomic E-state index is -3.21. The van der Waals surface area contributed by atoms with Crippen LogP contribution in [0.4, 0.5) is 0 Å². The van der Waals surface area contributed by atoms with Gasteiger partial charge in [-0.2, -0.15) is 0 Å². The number of aromatic nitrogens is 2. The molecule has 0 aliphatic heterocycles. The zero-order valence-corrected chi connectivity index (χ0v) is 13.4. The van der Waals surface area contributed by atoms with E-state index in [-0.39, 0.29) is 12.3 Å². The molecule has 2 aromatic rings. The summed E-state index contributed by atoms with van der Waals surface area (Å²) < 4.78 is 36.1. The molecule has 0 fully saturated rings. The third kappa shape index (κ3) is 4.54. The van der Waals surface area contributed by atoms with Crippen LogP contribution in [0, 0.1) is 0 Å². The number of rotatable bonds is 8. The van der Waals surface area contributed by atoms with Crippen molar-refractivity contribution in [1.29, 1.82) is 0 Å². The Balaban J connectivity index is 1.93. The largest absolute Gasteiger partial charge is 0.497 e. The van der Waals surface area contributed by atoms with E-state index in [1.807, 2.05) is 19.1 Å². The van der Waals surface area contributed by atoms with E-state index in [0.29, 0.717) is 24.6 Å². The Kier molecular flexibility index (Phi) is 5.51. The lowest BCUT2D eigenvalue weighted by Crippen LogP contribution is -2.28. The van der Waals surface area contributed by atoms with E-state index in [0.717, 1.165) is 11.3 Å². The molecular formula is C14H19N3O4S. The van der Waals surface area contributed by atoms with Gasteiger partial charge in [-0.05, 0) is 30.7 Å². The van der Waals surface area contributed by atoms with Gasteiger partial charge in [0.2, 0.25) is 21.8 Å². The van der Waals surface area contributed by atoms with Crippen LogP contribution in [0.3, 0.4) is 0 Å². The molecule has 0 spiro atoms. The van der Waals surface area contributed by atoms with E-state index in [9.17, 15) is 8.42 Å². The quantitative estimate of drug-likeness (QED) is 0.792. The Morgan fingerprint density at radius 2 is 1.95 bits per heavy atom. The summed E-state index contributed by atoms with van der Waals surface area (Å²) in [6.07, 6.45) is 0.934. The molecule has 0 amide bonds. The van der Waals surface area contributed by atoms with Crippen molar-refractivity contribution in [2.24, 2.45) is 0 Å². The Morgan fingerprint density at radius 3 is 2.59 bits per heavy atom. The normalized spacial score (nSPS) is 11.5. The molecule has 2 rings (SSSR count). The van der Waals surface area contributed by atoms with Gasteiger partial charge in [0.15, 0.2) is 0 Å². The van der Waals surface area contributed by atoms with Gasteiger partial charge in [-0.1, -0.05) is 6.92 Å². The first kappa shape index (κ1) is 16.4. The number of hydrogen-bond acceptors (Lipinski definition) is 6. The first-order valence-electron chi connectivity index (χ1n) is 6.98. The van der Waals surface area contributed by atoms with E-state index in [4.69, 9.17) is 9.15 Å². The van der Waals surface area contributed by atoms with Crippen LogP contribution < -0.4 is 9.46 Å². The molecule has 0 radical (unpaired) electrons. The third-order valence-electron chi connectivity index (χ3n) is 2.94. The second-order valence-corrected chi connectivity index (χ2v) is 6.62. The third-order valence-corrected chi connectivity index (χ3v) is 4.53. The summed E-state index contributed by atoms with van der Waals surface area (Å²) in [4.78, 5) is 0. The average molecular weight is 325 g/mol. The average Bonchev–Trinajstić information content (AvgIpc) is 2.96. The molecule has 0 unspecified atom stereocenters. The summed E-state index contributed by atoms with van der Waals surface area (Å²) in [5, 5.41) is 7.88. The number of hydrogen-bond donors (Lipinski definition) is 1. The van der Waals surface area contributed by atoms with Crippen LogP contribution in [0.15, 0.2) is 28.7 Å². The fraction of sp³-hybridized carbons (Fsp3) is 0.429. The Morgan fingerprint density at radius 1 is 1.23 bits per heavy atom. The molecule has 0 atom stereocenters. The maximum Gasteiger partial charge on any atom is 0.247 e. The minimum Gasteiger partial charge on any atom is -0.497 e. The van der Waals surface area contributed by atoms with Crippen molar-refractivity contribution in [1.82, 2.24) is 14.9 Å². The zero-order chi connectivity index (χ0) is 16.0. The summed E-state index contributed by atoms with van der Waals surface area (Å²) >= 11 is 0. The molecule has 1 heterocycles. The molecular weight excluding hydrogens is 306 g/mol. The lowest BCUT2D eigenvalue weighted by atomic mass is 10.2. The fourth-order valence-electron chi connectivity index (χ4n) is 1.86. The van der Waals surface area contributed by atoms with Gasteiger partial charge in [0.05, 0.1) is 12.9 Å². The van der Waals surface area contributed by atoms with Gasteiger partial charge in [0, 0.05) is 18.5 Å². The van der Waals surface area contributed by atoms with Crippen molar-refractivity contribution in [2.75, 3.05) is 19.4 Å². The van der Waals surface area contributed by atoms with Crippen molar-refractivity contribution in [3.05, 3.63) is 30.2 Å². The molecule has 7 nitrogen and oxygen atoms in total. The molecule has 1 aromatic carbocycles. The second-order valence-electron chi connectivity index (χ2n) is 4.69. The summed E-state index contributed by atoms with van der Waals surface area (Å²) in [6.45, 7) is 2.06. The van der Waals surface area contributed by atoms with Crippen molar-refractivity contribution in [3.8, 4) is 17.2 Å². The Labute approximate surface area is 129 Å². The Hall–Kier alpha value is -1.93. The number of benzene rings is 1. The number of sulfonamides is 1. The van der Waals surface area contributed by atoms with Crippen LogP contribution in [0.25, 0.3) is 11.5 Å². The highest BCUT2D eigenvalue weighted by molar-refractivity contribution is 7.89.